The van der Waals surface area contributed by atoms with Crippen molar-refractivity contribution in [1.29, 1.82) is 5.26 Å². The second kappa shape index (κ2) is 7.98. The first-order chi connectivity index (χ1) is 9.78. The SMILES string of the molecule is CC(CNC1CC1)CN(CCC#N)Cc1cccnc1. The minimum atomic E-state index is 0.586. The van der Waals surface area contributed by atoms with Crippen LogP contribution in [0.25, 0.3) is 0 Å². The van der Waals surface area contributed by atoms with E-state index in [4.69, 9.17) is 5.26 Å². The van der Waals surface area contributed by atoms with Crippen LogP contribution in [0, 0.1) is 17.2 Å². The summed E-state index contributed by atoms with van der Waals surface area (Å²) in [4.78, 5) is 6.52. The fourth-order valence-corrected chi connectivity index (χ4v) is 2.35. The normalized spacial score (nSPS) is 16.1. The van der Waals surface area contributed by atoms with E-state index in [-0.39, 0.29) is 0 Å². The predicted octanol–water partition coefficient (Wildman–Crippen LogP) is 2.19. The number of nitrogens with one attached hydrogen (secondary N) is 1. The second-order valence-electron chi connectivity index (χ2n) is 5.79. The summed E-state index contributed by atoms with van der Waals surface area (Å²) < 4.78 is 0. The predicted molar refractivity (Wildman–Crippen MR) is 79.9 cm³/mol. The standard InChI is InChI=1S/C16H24N4/c1-14(10-19-16-5-6-16)12-20(9-3-7-17)13-15-4-2-8-18-11-15/h2,4,8,11,14,16,19H,3,5-6,9-10,12-13H2,1H3. The Labute approximate surface area is 121 Å². The molecule has 0 aromatic carbocycles. The van der Waals surface area contributed by atoms with Gasteiger partial charge in [-0.3, -0.25) is 9.88 Å². The highest BCUT2D eigenvalue weighted by Gasteiger charge is 2.21. The molecule has 1 N–H and O–H groups in total. The van der Waals surface area contributed by atoms with Crippen LogP contribution in [-0.4, -0.2) is 35.6 Å². The van der Waals surface area contributed by atoms with Crippen LogP contribution in [0.4, 0.5) is 0 Å². The maximum absolute atomic E-state index is 8.80. The van der Waals surface area contributed by atoms with Gasteiger partial charge in [0.25, 0.3) is 0 Å². The van der Waals surface area contributed by atoms with E-state index in [1.807, 2.05) is 12.3 Å². The van der Waals surface area contributed by atoms with Crippen LogP contribution in [0.2, 0.25) is 0 Å². The smallest absolute Gasteiger partial charge is 0.0635 e. The molecule has 1 heterocycles. The van der Waals surface area contributed by atoms with E-state index in [2.05, 4.69) is 34.3 Å². The Kier molecular flexibility index (Phi) is 5.97. The lowest BCUT2D eigenvalue weighted by Gasteiger charge is -2.25. The fourth-order valence-electron chi connectivity index (χ4n) is 2.35. The third-order valence-corrected chi connectivity index (χ3v) is 3.57. The van der Waals surface area contributed by atoms with E-state index < -0.39 is 0 Å². The number of nitrogens with zero attached hydrogens (tertiary/aromatic N) is 3. The van der Waals surface area contributed by atoms with Crippen LogP contribution < -0.4 is 5.32 Å². The van der Waals surface area contributed by atoms with Crippen molar-refractivity contribution >= 4 is 0 Å². The summed E-state index contributed by atoms with van der Waals surface area (Å²) in [5.74, 6) is 0.603. The highest BCUT2D eigenvalue weighted by atomic mass is 15.1. The molecule has 0 amide bonds. The van der Waals surface area contributed by atoms with Gasteiger partial charge >= 0.3 is 0 Å². The van der Waals surface area contributed by atoms with Gasteiger partial charge in [0, 0.05) is 44.5 Å². The molecule has 108 valence electrons. The molecule has 0 aliphatic heterocycles. The lowest BCUT2D eigenvalue weighted by atomic mass is 10.1. The molecule has 4 heteroatoms. The van der Waals surface area contributed by atoms with Gasteiger partial charge in [-0.25, -0.2) is 0 Å². The molecule has 1 unspecified atom stereocenters. The zero-order chi connectivity index (χ0) is 14.2. The van der Waals surface area contributed by atoms with E-state index in [0.717, 1.165) is 32.2 Å². The van der Waals surface area contributed by atoms with E-state index in [0.29, 0.717) is 12.3 Å². The van der Waals surface area contributed by atoms with Crippen molar-refractivity contribution in [3.63, 3.8) is 0 Å². The molecule has 1 aromatic heterocycles. The number of pyridine rings is 1. The Balaban J connectivity index is 1.80. The number of aromatic nitrogens is 1. The molecule has 0 bridgehead atoms. The van der Waals surface area contributed by atoms with Crippen LogP contribution in [0.15, 0.2) is 24.5 Å². The van der Waals surface area contributed by atoms with Crippen molar-refractivity contribution in [2.24, 2.45) is 5.92 Å². The van der Waals surface area contributed by atoms with Crippen LogP contribution in [0.3, 0.4) is 0 Å². The average Bonchev–Trinajstić information content (AvgIpc) is 3.28. The molecule has 1 atom stereocenters. The Morgan fingerprint density at radius 2 is 2.40 bits per heavy atom. The van der Waals surface area contributed by atoms with Crippen LogP contribution >= 0.6 is 0 Å². The fraction of sp³-hybridized carbons (Fsp3) is 0.625. The molecule has 0 spiro atoms. The molecule has 1 saturated carbocycles. The maximum Gasteiger partial charge on any atom is 0.0635 e. The third kappa shape index (κ3) is 5.68. The van der Waals surface area contributed by atoms with Gasteiger partial charge < -0.3 is 5.32 Å². The van der Waals surface area contributed by atoms with E-state index >= 15 is 0 Å². The lowest BCUT2D eigenvalue weighted by Crippen LogP contribution is -2.34. The van der Waals surface area contributed by atoms with Gasteiger partial charge in [0.15, 0.2) is 0 Å². The van der Waals surface area contributed by atoms with E-state index in [9.17, 15) is 0 Å². The summed E-state index contributed by atoms with van der Waals surface area (Å²) in [6.45, 7) is 6.08. The van der Waals surface area contributed by atoms with Crippen molar-refractivity contribution in [2.75, 3.05) is 19.6 Å². The highest BCUT2D eigenvalue weighted by molar-refractivity contribution is 5.08. The minimum Gasteiger partial charge on any atom is -0.314 e. The average molecular weight is 272 g/mol. The van der Waals surface area contributed by atoms with Gasteiger partial charge in [-0.15, -0.1) is 0 Å². The Bertz CT molecular complexity index is 422. The summed E-state index contributed by atoms with van der Waals surface area (Å²) in [5.41, 5.74) is 1.22. The Hall–Kier alpha value is -1.44. The third-order valence-electron chi connectivity index (χ3n) is 3.57. The largest absolute Gasteiger partial charge is 0.314 e. The monoisotopic (exact) mass is 272 g/mol. The van der Waals surface area contributed by atoms with Crippen LogP contribution in [0.5, 0.6) is 0 Å². The summed E-state index contributed by atoms with van der Waals surface area (Å²) in [5, 5.41) is 12.4. The topological polar surface area (TPSA) is 52.0 Å². The van der Waals surface area contributed by atoms with Gasteiger partial charge in [0.2, 0.25) is 0 Å². The summed E-state index contributed by atoms with van der Waals surface area (Å²) in [6, 6.07) is 7.08. The Morgan fingerprint density at radius 1 is 1.55 bits per heavy atom. The second-order valence-corrected chi connectivity index (χ2v) is 5.79. The molecular weight excluding hydrogens is 248 g/mol. The van der Waals surface area contributed by atoms with Crippen LogP contribution in [0.1, 0.15) is 31.7 Å². The Morgan fingerprint density at radius 3 is 3.05 bits per heavy atom. The van der Waals surface area contributed by atoms with Gasteiger partial charge in [-0.1, -0.05) is 13.0 Å². The van der Waals surface area contributed by atoms with Crippen molar-refractivity contribution in [2.45, 2.75) is 38.8 Å². The first kappa shape index (κ1) is 15.0. The number of hydrogen-bond donors (Lipinski definition) is 1. The van der Waals surface area contributed by atoms with Crippen LogP contribution in [-0.2, 0) is 6.54 Å². The molecule has 0 radical (unpaired) electrons. The van der Waals surface area contributed by atoms with Gasteiger partial charge in [-0.05, 0) is 36.9 Å². The number of rotatable bonds is 9. The minimum absolute atomic E-state index is 0.586. The number of nitriles is 1. The highest BCUT2D eigenvalue weighted by Crippen LogP contribution is 2.19. The zero-order valence-corrected chi connectivity index (χ0v) is 12.3. The first-order valence-corrected chi connectivity index (χ1v) is 7.49. The summed E-state index contributed by atoms with van der Waals surface area (Å²) in [7, 11) is 0. The molecule has 2 rings (SSSR count). The van der Waals surface area contributed by atoms with Gasteiger partial charge in [0.1, 0.15) is 0 Å². The summed E-state index contributed by atoms with van der Waals surface area (Å²) in [6.07, 6.45) is 6.96. The first-order valence-electron chi connectivity index (χ1n) is 7.49. The molecule has 0 saturated heterocycles. The number of hydrogen-bond acceptors (Lipinski definition) is 4. The lowest BCUT2D eigenvalue weighted by molar-refractivity contribution is 0.230. The molecular formula is C16H24N4. The molecule has 1 aromatic rings. The summed E-state index contributed by atoms with van der Waals surface area (Å²) >= 11 is 0. The van der Waals surface area contributed by atoms with Gasteiger partial charge in [0.05, 0.1) is 6.07 Å². The quantitative estimate of drug-likeness (QED) is 0.748. The maximum atomic E-state index is 8.80. The molecule has 4 nitrogen and oxygen atoms in total. The zero-order valence-electron chi connectivity index (χ0n) is 12.3. The van der Waals surface area contributed by atoms with Crippen molar-refractivity contribution in [3.8, 4) is 6.07 Å². The molecule has 1 aliphatic carbocycles. The van der Waals surface area contributed by atoms with E-state index in [1.54, 1.807) is 6.20 Å². The van der Waals surface area contributed by atoms with Crippen molar-refractivity contribution in [3.05, 3.63) is 30.1 Å². The van der Waals surface area contributed by atoms with E-state index in [1.165, 1.54) is 18.4 Å². The molecule has 1 fully saturated rings. The van der Waals surface area contributed by atoms with Crippen molar-refractivity contribution in [1.82, 2.24) is 15.2 Å². The molecule has 20 heavy (non-hydrogen) atoms. The molecule has 1 aliphatic rings. The van der Waals surface area contributed by atoms with Crippen molar-refractivity contribution < 1.29 is 0 Å². The van der Waals surface area contributed by atoms with Gasteiger partial charge in [-0.2, -0.15) is 5.26 Å².